The highest BCUT2D eigenvalue weighted by Gasteiger charge is 2.58. The molecule has 1 aromatic carbocycles. The van der Waals surface area contributed by atoms with E-state index in [-0.39, 0.29) is 11.7 Å². The molecule has 0 bridgehead atoms. The molecule has 5 heterocycles. The van der Waals surface area contributed by atoms with E-state index in [0.29, 0.717) is 62.7 Å². The van der Waals surface area contributed by atoms with Crippen LogP contribution in [0.25, 0.3) is 11.2 Å². The van der Waals surface area contributed by atoms with Crippen LogP contribution in [0.4, 0.5) is 29.5 Å². The number of likely N-dealkylation sites (N-methyl/N-ethyl adjacent to an activating group) is 1. The second-order valence-corrected chi connectivity index (χ2v) is 9.45. The Balaban J connectivity index is 1.24. The fourth-order valence-electron chi connectivity index (χ4n) is 5.36. The fourth-order valence-corrected chi connectivity index (χ4v) is 5.36. The van der Waals surface area contributed by atoms with Gasteiger partial charge in [-0.2, -0.15) is 18.3 Å². The van der Waals surface area contributed by atoms with Crippen molar-refractivity contribution in [2.24, 2.45) is 0 Å². The second-order valence-electron chi connectivity index (χ2n) is 9.45. The first-order valence-corrected chi connectivity index (χ1v) is 12.1. The van der Waals surface area contributed by atoms with Crippen molar-refractivity contribution in [3.8, 4) is 0 Å². The maximum absolute atomic E-state index is 13.7. The number of imide groups is 1. The topological polar surface area (TPSA) is 96.7 Å². The summed E-state index contributed by atoms with van der Waals surface area (Å²) in [5.74, 6) is 0.243. The molecule has 3 fully saturated rings. The van der Waals surface area contributed by atoms with Crippen LogP contribution in [-0.2, 0) is 15.7 Å². The molecule has 13 heteroatoms. The number of fused-ring (bicyclic) bond motifs is 1. The van der Waals surface area contributed by atoms with E-state index in [2.05, 4.69) is 10.1 Å². The van der Waals surface area contributed by atoms with E-state index in [1.165, 1.54) is 17.0 Å². The Kier molecular flexibility index (Phi) is 5.37. The number of urea groups is 1. The molecule has 37 heavy (non-hydrogen) atoms. The summed E-state index contributed by atoms with van der Waals surface area (Å²) >= 11 is 0. The summed E-state index contributed by atoms with van der Waals surface area (Å²) < 4.78 is 46.1. The number of piperidine rings is 1. The van der Waals surface area contributed by atoms with Gasteiger partial charge in [0.25, 0.3) is 5.91 Å². The molecule has 0 atom stereocenters. The number of aromatic nitrogens is 4. The van der Waals surface area contributed by atoms with Crippen LogP contribution in [0, 0.1) is 0 Å². The summed E-state index contributed by atoms with van der Waals surface area (Å²) in [4.78, 5) is 40.8. The molecule has 1 spiro atoms. The van der Waals surface area contributed by atoms with Gasteiger partial charge >= 0.3 is 12.2 Å². The van der Waals surface area contributed by atoms with Crippen LogP contribution in [0.2, 0.25) is 0 Å². The molecule has 0 N–H and O–H groups in total. The summed E-state index contributed by atoms with van der Waals surface area (Å²) in [5.41, 5.74) is -0.416. The number of ether oxygens (including phenoxy) is 1. The monoisotopic (exact) mass is 515 g/mol. The molecule has 3 aromatic rings. The van der Waals surface area contributed by atoms with E-state index < -0.39 is 29.2 Å². The Morgan fingerprint density at radius 1 is 1.08 bits per heavy atom. The third kappa shape index (κ3) is 3.63. The van der Waals surface area contributed by atoms with Crippen LogP contribution < -0.4 is 9.80 Å². The van der Waals surface area contributed by atoms with Crippen LogP contribution in [0.3, 0.4) is 0 Å². The number of carbonyl (C=O) groups is 2. The molecule has 0 unspecified atom stereocenters. The standard InChI is InChI=1S/C24H24F3N7O3/c1-2-32-22(36)33(16-5-3-15(4-6-16)24(25,26)27)21(35)23(32)7-9-31(10-8-23)19-12-28-18-11-29-34(20(18)30-19)17-13-37-14-17/h3-6,11-12,17H,2,7-10,13-14H2,1H3. The molecule has 6 rings (SSSR count). The first-order chi connectivity index (χ1) is 17.7. The molecular weight excluding hydrogens is 491 g/mol. The average molecular weight is 515 g/mol. The van der Waals surface area contributed by atoms with Crippen LogP contribution in [0.1, 0.15) is 31.4 Å². The highest BCUT2D eigenvalue weighted by molar-refractivity contribution is 6.23. The molecule has 3 saturated heterocycles. The first-order valence-electron chi connectivity index (χ1n) is 12.1. The van der Waals surface area contributed by atoms with E-state index in [1.807, 2.05) is 9.58 Å². The molecule has 0 aliphatic carbocycles. The zero-order valence-corrected chi connectivity index (χ0v) is 20.0. The zero-order chi connectivity index (χ0) is 25.9. The Hall–Kier alpha value is -3.74. The lowest BCUT2D eigenvalue weighted by Crippen LogP contribution is -2.56. The Morgan fingerprint density at radius 2 is 1.78 bits per heavy atom. The summed E-state index contributed by atoms with van der Waals surface area (Å²) in [6.45, 7) is 4.16. The van der Waals surface area contributed by atoms with Crippen molar-refractivity contribution in [1.82, 2.24) is 24.6 Å². The maximum atomic E-state index is 13.7. The predicted octanol–water partition coefficient (Wildman–Crippen LogP) is 3.24. The molecule has 10 nitrogen and oxygen atoms in total. The predicted molar refractivity (Wildman–Crippen MR) is 126 cm³/mol. The number of hydrogen-bond donors (Lipinski definition) is 0. The van der Waals surface area contributed by atoms with Crippen molar-refractivity contribution >= 4 is 34.6 Å². The highest BCUT2D eigenvalue weighted by atomic mass is 19.4. The molecule has 194 valence electrons. The van der Waals surface area contributed by atoms with E-state index in [9.17, 15) is 22.8 Å². The van der Waals surface area contributed by atoms with Gasteiger partial charge in [-0.05, 0) is 44.0 Å². The molecule has 0 saturated carbocycles. The van der Waals surface area contributed by atoms with Gasteiger partial charge < -0.3 is 14.5 Å². The number of rotatable bonds is 4. The minimum Gasteiger partial charge on any atom is -0.377 e. The maximum Gasteiger partial charge on any atom is 0.416 e. The number of anilines is 2. The lowest BCUT2D eigenvalue weighted by Gasteiger charge is -2.42. The lowest BCUT2D eigenvalue weighted by molar-refractivity contribution is -0.137. The van der Waals surface area contributed by atoms with Crippen molar-refractivity contribution in [3.63, 3.8) is 0 Å². The number of amides is 3. The van der Waals surface area contributed by atoms with Crippen molar-refractivity contribution in [3.05, 3.63) is 42.2 Å². The SMILES string of the molecule is CCN1C(=O)N(c2ccc(C(F)(F)F)cc2)C(=O)C12CCN(c1cnc3cnn(C4COC4)c3n1)CC2. The van der Waals surface area contributed by atoms with Gasteiger partial charge in [-0.3, -0.25) is 4.79 Å². The second kappa shape index (κ2) is 8.40. The summed E-state index contributed by atoms with van der Waals surface area (Å²) in [7, 11) is 0. The largest absolute Gasteiger partial charge is 0.416 e. The smallest absolute Gasteiger partial charge is 0.377 e. The van der Waals surface area contributed by atoms with Gasteiger partial charge in [0.15, 0.2) is 5.65 Å². The van der Waals surface area contributed by atoms with Crippen molar-refractivity contribution in [1.29, 1.82) is 0 Å². The number of nitrogens with zero attached hydrogens (tertiary/aromatic N) is 7. The van der Waals surface area contributed by atoms with Gasteiger partial charge in [-0.1, -0.05) is 0 Å². The van der Waals surface area contributed by atoms with Crippen molar-refractivity contribution < 1.29 is 27.5 Å². The quantitative estimate of drug-likeness (QED) is 0.492. The van der Waals surface area contributed by atoms with Crippen molar-refractivity contribution in [2.75, 3.05) is 42.6 Å². The van der Waals surface area contributed by atoms with Gasteiger partial charge in [-0.15, -0.1) is 0 Å². The van der Waals surface area contributed by atoms with Gasteiger partial charge in [0.05, 0.1) is 36.9 Å². The fraction of sp³-hybridized carbons (Fsp3) is 0.458. The van der Waals surface area contributed by atoms with E-state index in [0.717, 1.165) is 17.0 Å². The third-order valence-electron chi connectivity index (χ3n) is 7.48. The number of alkyl halides is 3. The average Bonchev–Trinajstić information content (AvgIpc) is 3.34. The van der Waals surface area contributed by atoms with Crippen LogP contribution in [0.5, 0.6) is 0 Å². The van der Waals surface area contributed by atoms with Gasteiger partial charge in [0.1, 0.15) is 22.9 Å². The van der Waals surface area contributed by atoms with E-state index in [1.54, 1.807) is 19.3 Å². The van der Waals surface area contributed by atoms with Crippen LogP contribution >= 0.6 is 0 Å². The van der Waals surface area contributed by atoms with Crippen molar-refractivity contribution in [2.45, 2.75) is 37.5 Å². The number of benzene rings is 1. The Labute approximate surface area is 209 Å². The van der Waals surface area contributed by atoms with Crippen LogP contribution in [0.15, 0.2) is 36.7 Å². The minimum atomic E-state index is -4.50. The highest BCUT2D eigenvalue weighted by Crippen LogP contribution is 2.41. The number of hydrogen-bond acceptors (Lipinski definition) is 7. The lowest BCUT2D eigenvalue weighted by atomic mass is 9.85. The zero-order valence-electron chi connectivity index (χ0n) is 20.0. The first kappa shape index (κ1) is 23.6. The summed E-state index contributed by atoms with van der Waals surface area (Å²) in [5, 5.41) is 4.39. The van der Waals surface area contributed by atoms with E-state index >= 15 is 0 Å². The number of carbonyl (C=O) groups excluding carboxylic acids is 2. The van der Waals surface area contributed by atoms with Crippen LogP contribution in [-0.4, -0.2) is 75.0 Å². The molecule has 3 aliphatic rings. The van der Waals surface area contributed by atoms with Gasteiger partial charge in [0.2, 0.25) is 0 Å². The van der Waals surface area contributed by atoms with Gasteiger partial charge in [0, 0.05) is 19.6 Å². The molecule has 0 radical (unpaired) electrons. The molecule has 3 amide bonds. The van der Waals surface area contributed by atoms with Gasteiger partial charge in [-0.25, -0.2) is 24.3 Å². The third-order valence-corrected chi connectivity index (χ3v) is 7.48. The minimum absolute atomic E-state index is 0.128. The normalized spacial score (nSPS) is 20.4. The molecular formula is C24H24F3N7O3. The molecule has 3 aliphatic heterocycles. The van der Waals surface area contributed by atoms with E-state index in [4.69, 9.17) is 9.72 Å². The molecule has 2 aromatic heterocycles. The Bertz CT molecular complexity index is 1360. The number of halogens is 3. The Morgan fingerprint density at radius 3 is 2.38 bits per heavy atom. The summed E-state index contributed by atoms with van der Waals surface area (Å²) in [6, 6.07) is 3.71. The summed E-state index contributed by atoms with van der Waals surface area (Å²) in [6.07, 6.45) is -0.433.